The lowest BCUT2D eigenvalue weighted by atomic mass is 9.90. The molecule has 2 aliphatic heterocycles. The van der Waals surface area contributed by atoms with E-state index < -0.39 is 34.8 Å². The highest BCUT2D eigenvalue weighted by atomic mass is 35.5. The molecule has 10 heteroatoms. The van der Waals surface area contributed by atoms with Crippen LogP contribution < -0.4 is 14.7 Å². The molecule has 2 aliphatic rings. The Kier molecular flexibility index (Phi) is 5.43. The molecular weight excluding hydrogens is 462 g/mol. The fourth-order valence-electron chi connectivity index (χ4n) is 4.37. The maximum atomic E-state index is 13.6. The van der Waals surface area contributed by atoms with Crippen LogP contribution in [0.15, 0.2) is 72.8 Å². The molecule has 3 aromatic rings. The molecule has 2 amide bonds. The molecule has 0 bridgehead atoms. The Morgan fingerprint density at radius 2 is 1.65 bits per heavy atom. The summed E-state index contributed by atoms with van der Waals surface area (Å²) in [6, 6.07) is 18.5. The molecule has 0 saturated carbocycles. The van der Waals surface area contributed by atoms with Gasteiger partial charge in [0.25, 0.3) is 11.6 Å². The summed E-state index contributed by atoms with van der Waals surface area (Å²) in [5.74, 6) is -1.28. The number of halogens is 1. The normalized spacial score (nSPS) is 21.6. The molecule has 0 radical (unpaired) electrons. The number of rotatable bonds is 5. The van der Waals surface area contributed by atoms with E-state index in [-0.39, 0.29) is 5.69 Å². The maximum Gasteiger partial charge on any atom is 0.269 e. The SMILES string of the molecule is COc1ccc(N2C(=O)[C@@H]3[C@H](ON(c4ccc(Cl)cc4)[C@@H]3c3cccc([N+](=O)[O-])c3)C2=O)cc1. The van der Waals surface area contributed by atoms with Crippen molar-refractivity contribution in [2.75, 3.05) is 17.1 Å². The van der Waals surface area contributed by atoms with Gasteiger partial charge in [-0.1, -0.05) is 23.7 Å². The highest BCUT2D eigenvalue weighted by Crippen LogP contribution is 2.48. The third-order valence-electron chi connectivity index (χ3n) is 5.95. The van der Waals surface area contributed by atoms with Crippen molar-refractivity contribution in [2.24, 2.45) is 5.92 Å². The number of fused-ring (bicyclic) bond motifs is 1. The number of ether oxygens (including phenoxy) is 1. The third kappa shape index (κ3) is 3.55. The van der Waals surface area contributed by atoms with Crippen molar-refractivity contribution < 1.29 is 24.1 Å². The molecule has 3 atom stereocenters. The van der Waals surface area contributed by atoms with Gasteiger partial charge in [-0.2, -0.15) is 0 Å². The monoisotopic (exact) mass is 479 g/mol. The molecule has 0 unspecified atom stereocenters. The van der Waals surface area contributed by atoms with Crippen LogP contribution in [0.3, 0.4) is 0 Å². The van der Waals surface area contributed by atoms with Crippen molar-refractivity contribution in [3.8, 4) is 5.75 Å². The van der Waals surface area contributed by atoms with E-state index in [2.05, 4.69) is 0 Å². The average molecular weight is 480 g/mol. The summed E-state index contributed by atoms with van der Waals surface area (Å²) in [5, 5.41) is 13.4. The fraction of sp³-hybridized carbons (Fsp3) is 0.167. The van der Waals surface area contributed by atoms with E-state index in [9.17, 15) is 19.7 Å². The maximum absolute atomic E-state index is 13.6. The predicted octanol–water partition coefficient (Wildman–Crippen LogP) is 4.31. The van der Waals surface area contributed by atoms with Crippen molar-refractivity contribution in [3.63, 3.8) is 0 Å². The van der Waals surface area contributed by atoms with Crippen LogP contribution in [-0.2, 0) is 14.4 Å². The smallest absolute Gasteiger partial charge is 0.269 e. The van der Waals surface area contributed by atoms with Gasteiger partial charge in [0.15, 0.2) is 6.10 Å². The topological polar surface area (TPSA) is 102 Å². The molecule has 0 spiro atoms. The standard InChI is InChI=1S/C24H18ClN3O6/c1-33-19-11-9-16(10-12-19)26-23(29)20-21(14-3-2-4-18(13-14)28(31)32)27(34-22(20)24(26)30)17-7-5-15(25)6-8-17/h2-13,20-22H,1H3/t20-,21+,22-/m0/s1. The van der Waals surface area contributed by atoms with Crippen LogP contribution in [0.25, 0.3) is 0 Å². The molecule has 0 N–H and O–H groups in total. The second-order valence-corrected chi connectivity index (χ2v) is 8.30. The number of amides is 2. The number of nitro benzene ring substituents is 1. The number of non-ortho nitro benzene ring substituents is 1. The van der Waals surface area contributed by atoms with E-state index in [0.29, 0.717) is 27.7 Å². The minimum absolute atomic E-state index is 0.124. The molecule has 172 valence electrons. The first-order valence-corrected chi connectivity index (χ1v) is 10.7. The van der Waals surface area contributed by atoms with Crippen molar-refractivity contribution in [2.45, 2.75) is 12.1 Å². The highest BCUT2D eigenvalue weighted by molar-refractivity contribution is 6.30. The van der Waals surface area contributed by atoms with E-state index in [4.69, 9.17) is 21.2 Å². The average Bonchev–Trinajstić information content (AvgIpc) is 3.35. The van der Waals surface area contributed by atoms with Crippen LogP contribution in [0.4, 0.5) is 17.1 Å². The first-order chi connectivity index (χ1) is 16.4. The number of nitrogens with zero attached hydrogens (tertiary/aromatic N) is 3. The molecule has 0 aromatic heterocycles. The van der Waals surface area contributed by atoms with E-state index >= 15 is 0 Å². The number of nitro groups is 1. The van der Waals surface area contributed by atoms with Gasteiger partial charge in [0.2, 0.25) is 5.91 Å². The Balaban J connectivity index is 1.58. The Morgan fingerprint density at radius 1 is 0.971 bits per heavy atom. The number of methoxy groups -OCH3 is 1. The zero-order chi connectivity index (χ0) is 24.0. The van der Waals surface area contributed by atoms with E-state index in [0.717, 1.165) is 4.90 Å². The fourth-order valence-corrected chi connectivity index (χ4v) is 4.50. The van der Waals surface area contributed by atoms with Crippen molar-refractivity contribution in [3.05, 3.63) is 93.5 Å². The van der Waals surface area contributed by atoms with E-state index in [1.165, 1.54) is 24.3 Å². The minimum Gasteiger partial charge on any atom is -0.497 e. The molecule has 9 nitrogen and oxygen atoms in total. The zero-order valence-corrected chi connectivity index (χ0v) is 18.6. The summed E-state index contributed by atoms with van der Waals surface area (Å²) in [6.07, 6.45) is -1.09. The molecule has 2 saturated heterocycles. The molecule has 2 fully saturated rings. The first kappa shape index (κ1) is 21.9. The highest BCUT2D eigenvalue weighted by Gasteiger charge is 2.60. The van der Waals surface area contributed by atoms with Crippen molar-refractivity contribution in [1.29, 1.82) is 0 Å². The summed E-state index contributed by atoms with van der Waals surface area (Å²) in [6.45, 7) is 0. The molecule has 5 rings (SSSR count). The quantitative estimate of drug-likeness (QED) is 0.305. The van der Waals surface area contributed by atoms with Crippen LogP contribution >= 0.6 is 11.6 Å². The predicted molar refractivity (Wildman–Crippen MR) is 124 cm³/mol. The van der Waals surface area contributed by atoms with Gasteiger partial charge in [0, 0.05) is 17.2 Å². The Bertz CT molecular complexity index is 1280. The van der Waals surface area contributed by atoms with Gasteiger partial charge in [0.05, 0.1) is 29.4 Å². The van der Waals surface area contributed by atoms with Gasteiger partial charge in [-0.25, -0.2) is 9.96 Å². The van der Waals surface area contributed by atoms with Gasteiger partial charge >= 0.3 is 0 Å². The number of carbonyl (C=O) groups excluding carboxylic acids is 2. The summed E-state index contributed by atoms with van der Waals surface area (Å²) in [5.41, 5.74) is 1.31. The van der Waals surface area contributed by atoms with Gasteiger partial charge in [-0.05, 0) is 54.1 Å². The second kappa shape index (κ2) is 8.44. The lowest BCUT2D eigenvalue weighted by Gasteiger charge is -2.28. The first-order valence-electron chi connectivity index (χ1n) is 10.4. The van der Waals surface area contributed by atoms with E-state index in [1.807, 2.05) is 0 Å². The largest absolute Gasteiger partial charge is 0.497 e. The number of carbonyl (C=O) groups is 2. The van der Waals surface area contributed by atoms with Crippen LogP contribution in [-0.4, -0.2) is 30.0 Å². The number of hydroxylamine groups is 1. The van der Waals surface area contributed by atoms with Gasteiger partial charge in [0.1, 0.15) is 11.7 Å². The summed E-state index contributed by atoms with van der Waals surface area (Å²) >= 11 is 6.02. The molecule has 0 aliphatic carbocycles. The number of imide groups is 1. The lowest BCUT2D eigenvalue weighted by molar-refractivity contribution is -0.384. The number of anilines is 2. The van der Waals surface area contributed by atoms with Crippen LogP contribution in [0, 0.1) is 16.0 Å². The summed E-state index contributed by atoms with van der Waals surface area (Å²) in [4.78, 5) is 45.0. The van der Waals surface area contributed by atoms with Gasteiger partial charge < -0.3 is 4.74 Å². The zero-order valence-electron chi connectivity index (χ0n) is 17.8. The molecule has 34 heavy (non-hydrogen) atoms. The lowest BCUT2D eigenvalue weighted by Crippen LogP contribution is -2.37. The Labute approximate surface area is 199 Å². The Hall–Kier alpha value is -3.95. The minimum atomic E-state index is -1.09. The van der Waals surface area contributed by atoms with Gasteiger partial charge in [-0.15, -0.1) is 0 Å². The van der Waals surface area contributed by atoms with Crippen LogP contribution in [0.2, 0.25) is 5.02 Å². The second-order valence-electron chi connectivity index (χ2n) is 7.86. The molecule has 3 aromatic carbocycles. The van der Waals surface area contributed by atoms with Crippen molar-refractivity contribution in [1.82, 2.24) is 0 Å². The number of hydrogen-bond donors (Lipinski definition) is 0. The molecular formula is C24H18ClN3O6. The van der Waals surface area contributed by atoms with Gasteiger partial charge in [-0.3, -0.25) is 24.5 Å². The Morgan fingerprint density at radius 3 is 2.29 bits per heavy atom. The summed E-state index contributed by atoms with van der Waals surface area (Å²) < 4.78 is 5.15. The van der Waals surface area contributed by atoms with Crippen LogP contribution in [0.5, 0.6) is 5.75 Å². The molecule has 2 heterocycles. The summed E-state index contributed by atoms with van der Waals surface area (Å²) in [7, 11) is 1.52. The third-order valence-corrected chi connectivity index (χ3v) is 6.20. The number of hydrogen-bond acceptors (Lipinski definition) is 7. The number of benzene rings is 3. The van der Waals surface area contributed by atoms with Crippen LogP contribution in [0.1, 0.15) is 11.6 Å². The van der Waals surface area contributed by atoms with Crippen molar-refractivity contribution >= 4 is 40.5 Å². The van der Waals surface area contributed by atoms with E-state index in [1.54, 1.807) is 60.7 Å².